The van der Waals surface area contributed by atoms with E-state index in [1.807, 2.05) is 0 Å². The number of fused-ring (bicyclic) bond motifs is 2. The predicted octanol–water partition coefficient (Wildman–Crippen LogP) is -0.189. The summed E-state index contributed by atoms with van der Waals surface area (Å²) in [5.41, 5.74) is 4.28. The van der Waals surface area contributed by atoms with E-state index in [1.54, 1.807) is 42.5 Å². The third-order valence-corrected chi connectivity index (χ3v) is 5.97. The minimum absolute atomic E-state index is 0.0397. The molecule has 4 N–H and O–H groups in total. The third kappa shape index (κ3) is 3.75. The number of aliphatic imine (C=N–C) groups is 1. The lowest BCUT2D eigenvalue weighted by Crippen LogP contribution is -2.46. The fraction of sp³-hybridized carbons (Fsp3) is 0.105. The molecule has 1 atom stereocenters. The van der Waals surface area contributed by atoms with Gasteiger partial charge in [0.2, 0.25) is 0 Å². The molecule has 31 heavy (non-hydrogen) atoms. The molecule has 0 fully saturated rings. The summed E-state index contributed by atoms with van der Waals surface area (Å²) < 4.78 is 26.6. The topological polar surface area (TPSA) is 162 Å². The van der Waals surface area contributed by atoms with Gasteiger partial charge in [-0.15, -0.1) is 0 Å². The molecule has 0 bridgehead atoms. The summed E-state index contributed by atoms with van der Waals surface area (Å²) in [6.07, 6.45) is 0. The van der Waals surface area contributed by atoms with Gasteiger partial charge in [-0.25, -0.2) is 13.5 Å². The van der Waals surface area contributed by atoms with E-state index in [9.17, 15) is 22.8 Å². The highest BCUT2D eigenvalue weighted by atomic mass is 32.2. The number of nitrogens with one attached hydrogen (secondary N) is 4. The Morgan fingerprint density at radius 1 is 1.03 bits per heavy atom. The molecule has 0 aliphatic carbocycles. The molecule has 3 aromatic rings. The molecule has 1 aromatic heterocycles. The van der Waals surface area contributed by atoms with Crippen LogP contribution in [0, 0.1) is 0 Å². The van der Waals surface area contributed by atoms with E-state index in [2.05, 4.69) is 30.8 Å². The first kappa shape index (κ1) is 20.2. The quantitative estimate of drug-likeness (QED) is 0.413. The Labute approximate surface area is 175 Å². The van der Waals surface area contributed by atoms with Gasteiger partial charge in [-0.05, 0) is 25.1 Å². The molecule has 1 aliphatic heterocycles. The van der Waals surface area contributed by atoms with Gasteiger partial charge in [0.05, 0.1) is 10.3 Å². The minimum atomic E-state index is -3.73. The van der Waals surface area contributed by atoms with Crippen LogP contribution in [-0.4, -0.2) is 42.3 Å². The molecule has 1 aliphatic rings. The van der Waals surface area contributed by atoms with Crippen molar-refractivity contribution in [1.82, 2.24) is 25.8 Å². The highest BCUT2D eigenvalue weighted by Crippen LogP contribution is 2.22. The number of carbonyl (C=O) groups is 2. The Balaban J connectivity index is 1.49. The molecule has 158 valence electrons. The van der Waals surface area contributed by atoms with Gasteiger partial charge in [-0.1, -0.05) is 30.3 Å². The lowest BCUT2D eigenvalue weighted by atomic mass is 10.1. The number of hydrogen-bond donors (Lipinski definition) is 4. The fourth-order valence-electron chi connectivity index (χ4n) is 3.05. The molecular formula is C19H16N6O5S. The van der Waals surface area contributed by atoms with E-state index >= 15 is 0 Å². The predicted molar refractivity (Wildman–Crippen MR) is 111 cm³/mol. The van der Waals surface area contributed by atoms with Gasteiger partial charge >= 0.3 is 0 Å². The Bertz CT molecular complexity index is 1410. The Morgan fingerprint density at radius 2 is 1.71 bits per heavy atom. The minimum Gasteiger partial charge on any atom is -0.271 e. The van der Waals surface area contributed by atoms with Crippen molar-refractivity contribution < 1.29 is 18.0 Å². The maximum Gasteiger partial charge on any atom is 0.290 e. The molecule has 4 rings (SSSR count). The average molecular weight is 440 g/mol. The summed E-state index contributed by atoms with van der Waals surface area (Å²) in [6, 6.07) is 11.6. The highest BCUT2D eigenvalue weighted by Gasteiger charge is 2.31. The number of amidine groups is 1. The molecule has 0 radical (unpaired) electrons. The standard InChI is InChI=1S/C19H16N6O5S/c1-10(20-16-13-8-4-5-9-14(13)31(29,30)25-16)17(26)22-24-19(28)15-11-6-2-3-7-12(11)18(27)23-21-15/h2-10H,1H3,(H,20,25)(H,22,26)(H,23,27)(H,24,28)/t10-/m0/s1. The molecule has 11 nitrogen and oxygen atoms in total. The van der Waals surface area contributed by atoms with Crippen molar-refractivity contribution in [3.63, 3.8) is 0 Å². The zero-order valence-electron chi connectivity index (χ0n) is 16.0. The zero-order valence-corrected chi connectivity index (χ0v) is 16.9. The first-order valence-corrected chi connectivity index (χ1v) is 10.5. The number of hydrazine groups is 1. The van der Waals surface area contributed by atoms with E-state index < -0.39 is 33.4 Å². The summed E-state index contributed by atoms with van der Waals surface area (Å²) in [5.74, 6) is -1.39. The van der Waals surface area contributed by atoms with Crippen LogP contribution in [0.15, 0.2) is 63.2 Å². The maximum atomic E-state index is 12.5. The van der Waals surface area contributed by atoms with Gasteiger partial charge in [0.25, 0.3) is 27.4 Å². The SMILES string of the molecule is C[C@H](N=C1NS(=O)(=O)c2ccccc21)C(=O)NNC(=O)c1n[nH]c(=O)c2ccccc12. The zero-order chi connectivity index (χ0) is 22.2. The van der Waals surface area contributed by atoms with Crippen LogP contribution in [0.25, 0.3) is 10.8 Å². The van der Waals surface area contributed by atoms with Crippen molar-refractivity contribution in [2.45, 2.75) is 17.9 Å². The van der Waals surface area contributed by atoms with E-state index in [-0.39, 0.29) is 21.8 Å². The largest absolute Gasteiger partial charge is 0.290 e. The maximum absolute atomic E-state index is 12.5. The lowest BCUT2D eigenvalue weighted by Gasteiger charge is -2.11. The third-order valence-electron chi connectivity index (χ3n) is 4.58. The number of benzene rings is 2. The van der Waals surface area contributed by atoms with Crippen molar-refractivity contribution in [1.29, 1.82) is 0 Å². The van der Waals surface area contributed by atoms with Gasteiger partial charge in [0.1, 0.15) is 11.9 Å². The number of nitrogens with zero attached hydrogens (tertiary/aromatic N) is 2. The van der Waals surface area contributed by atoms with Crippen LogP contribution in [0.5, 0.6) is 0 Å². The second kappa shape index (κ2) is 7.65. The van der Waals surface area contributed by atoms with Crippen LogP contribution in [-0.2, 0) is 14.8 Å². The molecule has 0 spiro atoms. The molecule has 2 amide bonds. The van der Waals surface area contributed by atoms with Crippen LogP contribution >= 0.6 is 0 Å². The number of sulfonamides is 1. The lowest BCUT2D eigenvalue weighted by molar-refractivity contribution is -0.122. The van der Waals surface area contributed by atoms with E-state index in [0.29, 0.717) is 10.9 Å². The van der Waals surface area contributed by atoms with Gasteiger partial charge in [0.15, 0.2) is 5.69 Å². The van der Waals surface area contributed by atoms with Gasteiger partial charge < -0.3 is 0 Å². The van der Waals surface area contributed by atoms with E-state index in [4.69, 9.17) is 0 Å². The van der Waals surface area contributed by atoms with Crippen LogP contribution in [0.4, 0.5) is 0 Å². The molecular weight excluding hydrogens is 424 g/mol. The monoisotopic (exact) mass is 440 g/mol. The molecule has 12 heteroatoms. The van der Waals surface area contributed by atoms with Gasteiger partial charge in [0, 0.05) is 10.9 Å². The van der Waals surface area contributed by atoms with Crippen molar-refractivity contribution in [2.75, 3.05) is 0 Å². The number of amides is 2. The summed E-state index contributed by atoms with van der Waals surface area (Å²) in [6.45, 7) is 1.44. The highest BCUT2D eigenvalue weighted by molar-refractivity contribution is 7.90. The number of aromatic nitrogens is 2. The summed E-state index contributed by atoms with van der Waals surface area (Å²) in [4.78, 5) is 40.8. The van der Waals surface area contributed by atoms with Gasteiger partial charge in [-0.2, -0.15) is 5.10 Å². The van der Waals surface area contributed by atoms with Gasteiger partial charge in [-0.3, -0.25) is 34.9 Å². The number of aromatic amines is 1. The fourth-order valence-corrected chi connectivity index (χ4v) is 4.29. The van der Waals surface area contributed by atoms with E-state index in [0.717, 1.165) is 0 Å². The van der Waals surface area contributed by atoms with Crippen molar-refractivity contribution >= 4 is 38.4 Å². The Morgan fingerprint density at radius 3 is 2.48 bits per heavy atom. The normalized spacial score (nSPS) is 16.4. The van der Waals surface area contributed by atoms with Crippen molar-refractivity contribution in [3.8, 4) is 0 Å². The summed E-state index contributed by atoms with van der Waals surface area (Å²) in [5, 5.41) is 6.58. The Kier molecular flexibility index (Phi) is 4.99. The van der Waals surface area contributed by atoms with Crippen LogP contribution in [0.1, 0.15) is 23.0 Å². The van der Waals surface area contributed by atoms with E-state index in [1.165, 1.54) is 13.0 Å². The summed E-state index contributed by atoms with van der Waals surface area (Å²) >= 11 is 0. The average Bonchev–Trinajstić information content (AvgIpc) is 3.02. The molecule has 0 unspecified atom stereocenters. The molecule has 2 aromatic carbocycles. The number of rotatable bonds is 3. The van der Waals surface area contributed by atoms with Crippen molar-refractivity contribution in [3.05, 3.63) is 70.1 Å². The second-order valence-corrected chi connectivity index (χ2v) is 8.30. The molecule has 0 saturated carbocycles. The smallest absolute Gasteiger partial charge is 0.271 e. The number of hydrogen-bond acceptors (Lipinski definition) is 7. The first-order chi connectivity index (χ1) is 14.8. The first-order valence-electron chi connectivity index (χ1n) is 9.05. The molecule has 2 heterocycles. The number of carbonyl (C=O) groups excluding carboxylic acids is 2. The second-order valence-electron chi connectivity index (χ2n) is 6.65. The Hall–Kier alpha value is -4.06. The van der Waals surface area contributed by atoms with Crippen LogP contribution in [0.3, 0.4) is 0 Å². The van der Waals surface area contributed by atoms with Crippen LogP contribution < -0.4 is 21.1 Å². The van der Waals surface area contributed by atoms with Crippen molar-refractivity contribution in [2.24, 2.45) is 4.99 Å². The molecule has 0 saturated heterocycles. The van der Waals surface area contributed by atoms with Crippen LogP contribution in [0.2, 0.25) is 0 Å². The summed E-state index contributed by atoms with van der Waals surface area (Å²) in [7, 11) is -3.73. The number of H-pyrrole nitrogens is 1.